The van der Waals surface area contributed by atoms with Crippen molar-refractivity contribution in [2.24, 2.45) is 0 Å². The predicted octanol–water partition coefficient (Wildman–Crippen LogP) is 1.09. The summed E-state index contributed by atoms with van der Waals surface area (Å²) in [5.41, 5.74) is 1.38. The Balaban J connectivity index is 2.66. The summed E-state index contributed by atoms with van der Waals surface area (Å²) in [5, 5.41) is 12.1. The number of rotatable bonds is 6. The maximum Gasteiger partial charge on any atom is 0.148 e. The second-order valence-corrected chi connectivity index (χ2v) is 6.71. The van der Waals surface area contributed by atoms with E-state index >= 15 is 0 Å². The fourth-order valence-electron chi connectivity index (χ4n) is 1.76. The van der Waals surface area contributed by atoms with Gasteiger partial charge in [-0.1, -0.05) is 6.07 Å². The van der Waals surface area contributed by atoms with Crippen LogP contribution in [0.2, 0.25) is 0 Å². The number of hydrogen-bond donors (Lipinski definition) is 1. The molecule has 5 nitrogen and oxygen atoms in total. The molecule has 0 aliphatic rings. The fraction of sp³-hybridized carbons (Fsp3) is 0.462. The molecule has 19 heavy (non-hydrogen) atoms. The van der Waals surface area contributed by atoms with Crippen molar-refractivity contribution in [1.29, 1.82) is 5.26 Å². The summed E-state index contributed by atoms with van der Waals surface area (Å²) in [6, 6.07) is 7.24. The monoisotopic (exact) mass is 282 g/mol. The van der Waals surface area contributed by atoms with Crippen LogP contribution in [0.25, 0.3) is 0 Å². The summed E-state index contributed by atoms with van der Waals surface area (Å²) in [5.74, 6) is 0.629. The van der Waals surface area contributed by atoms with Gasteiger partial charge in [-0.25, -0.2) is 8.42 Å². The van der Waals surface area contributed by atoms with Crippen molar-refractivity contribution in [3.63, 3.8) is 0 Å². The van der Waals surface area contributed by atoms with Crippen molar-refractivity contribution in [2.45, 2.75) is 19.5 Å². The Hall–Kier alpha value is -1.58. The van der Waals surface area contributed by atoms with Crippen LogP contribution in [0.5, 0.6) is 5.75 Å². The molecule has 1 aromatic carbocycles. The van der Waals surface area contributed by atoms with E-state index in [1.54, 1.807) is 12.1 Å². The highest BCUT2D eigenvalue weighted by Gasteiger charge is 2.10. The molecule has 0 amide bonds. The van der Waals surface area contributed by atoms with Crippen LogP contribution in [-0.2, 0) is 16.4 Å². The second-order valence-electron chi connectivity index (χ2n) is 4.52. The van der Waals surface area contributed by atoms with Crippen molar-refractivity contribution in [2.75, 3.05) is 19.1 Å². The van der Waals surface area contributed by atoms with Gasteiger partial charge < -0.3 is 10.1 Å². The largest absolute Gasteiger partial charge is 0.495 e. The maximum atomic E-state index is 11.1. The van der Waals surface area contributed by atoms with Crippen LogP contribution in [0, 0.1) is 11.3 Å². The molecule has 0 aliphatic carbocycles. The van der Waals surface area contributed by atoms with Crippen molar-refractivity contribution in [3.05, 3.63) is 29.3 Å². The van der Waals surface area contributed by atoms with E-state index in [0.29, 0.717) is 17.9 Å². The molecule has 0 radical (unpaired) electrons. The topological polar surface area (TPSA) is 79.2 Å². The van der Waals surface area contributed by atoms with Gasteiger partial charge in [0.05, 0.1) is 18.4 Å². The van der Waals surface area contributed by atoms with Crippen LogP contribution in [0.15, 0.2) is 18.2 Å². The molecule has 1 rings (SSSR count). The number of hydrogen-bond acceptors (Lipinski definition) is 5. The van der Waals surface area contributed by atoms with Gasteiger partial charge in [-0.05, 0) is 24.6 Å². The highest BCUT2D eigenvalue weighted by atomic mass is 32.2. The van der Waals surface area contributed by atoms with E-state index in [1.165, 1.54) is 13.4 Å². The third kappa shape index (κ3) is 5.28. The Bertz CT molecular complexity index is 576. The number of nitrogens with one attached hydrogen (secondary N) is 1. The average Bonchev–Trinajstić information content (AvgIpc) is 2.33. The first-order valence-corrected chi connectivity index (χ1v) is 7.90. The van der Waals surface area contributed by atoms with Crippen LogP contribution in [-0.4, -0.2) is 33.6 Å². The molecule has 0 heterocycles. The Morgan fingerprint density at radius 2 is 2.16 bits per heavy atom. The van der Waals surface area contributed by atoms with E-state index in [2.05, 4.69) is 11.4 Å². The minimum Gasteiger partial charge on any atom is -0.495 e. The van der Waals surface area contributed by atoms with Crippen molar-refractivity contribution < 1.29 is 13.2 Å². The molecule has 6 heteroatoms. The Morgan fingerprint density at radius 3 is 2.68 bits per heavy atom. The van der Waals surface area contributed by atoms with Gasteiger partial charge in [0, 0.05) is 18.8 Å². The number of nitrogens with zero attached hydrogens (tertiary/aromatic N) is 1. The van der Waals surface area contributed by atoms with Crippen LogP contribution in [0.1, 0.15) is 18.1 Å². The van der Waals surface area contributed by atoms with Crippen LogP contribution >= 0.6 is 0 Å². The SMILES string of the molecule is COc1ccc(CNC(C)CS(C)(=O)=O)cc1C#N. The lowest BCUT2D eigenvalue weighted by Gasteiger charge is -2.13. The zero-order valence-electron chi connectivity index (χ0n) is 11.3. The summed E-state index contributed by atoms with van der Waals surface area (Å²) in [6.45, 7) is 2.32. The summed E-state index contributed by atoms with van der Waals surface area (Å²) < 4.78 is 27.3. The van der Waals surface area contributed by atoms with Crippen LogP contribution in [0.4, 0.5) is 0 Å². The smallest absolute Gasteiger partial charge is 0.148 e. The maximum absolute atomic E-state index is 11.1. The molecule has 0 saturated carbocycles. The molecule has 104 valence electrons. The third-order valence-corrected chi connectivity index (χ3v) is 3.70. The molecule has 0 fully saturated rings. The Kier molecular flexibility index (Phi) is 5.33. The number of sulfone groups is 1. The molecule has 1 unspecified atom stereocenters. The highest BCUT2D eigenvalue weighted by molar-refractivity contribution is 7.90. The number of benzene rings is 1. The Morgan fingerprint density at radius 1 is 1.47 bits per heavy atom. The van der Waals surface area contributed by atoms with E-state index in [4.69, 9.17) is 10.00 Å². The van der Waals surface area contributed by atoms with Gasteiger partial charge in [0.1, 0.15) is 21.7 Å². The fourth-order valence-corrected chi connectivity index (χ4v) is 2.78. The van der Waals surface area contributed by atoms with Gasteiger partial charge >= 0.3 is 0 Å². The van der Waals surface area contributed by atoms with E-state index < -0.39 is 9.84 Å². The van der Waals surface area contributed by atoms with E-state index in [-0.39, 0.29) is 11.8 Å². The number of ether oxygens (including phenoxy) is 1. The first-order valence-electron chi connectivity index (χ1n) is 5.84. The van der Waals surface area contributed by atoms with Crippen molar-refractivity contribution in [3.8, 4) is 11.8 Å². The van der Waals surface area contributed by atoms with Gasteiger partial charge in [-0.15, -0.1) is 0 Å². The molecule has 0 spiro atoms. The van der Waals surface area contributed by atoms with Gasteiger partial charge in [-0.3, -0.25) is 0 Å². The zero-order chi connectivity index (χ0) is 14.5. The quantitative estimate of drug-likeness (QED) is 0.845. The Labute approximate surface area is 114 Å². The molecule has 0 aromatic heterocycles. The third-order valence-electron chi connectivity index (χ3n) is 2.59. The normalized spacial score (nSPS) is 12.7. The van der Waals surface area contributed by atoms with Crippen LogP contribution < -0.4 is 10.1 Å². The first kappa shape index (κ1) is 15.5. The van der Waals surface area contributed by atoms with Crippen molar-refractivity contribution >= 4 is 9.84 Å². The van der Waals surface area contributed by atoms with Crippen molar-refractivity contribution in [1.82, 2.24) is 5.32 Å². The summed E-state index contributed by atoms with van der Waals surface area (Å²) in [7, 11) is -1.47. The lowest BCUT2D eigenvalue weighted by atomic mass is 10.1. The highest BCUT2D eigenvalue weighted by Crippen LogP contribution is 2.18. The summed E-state index contributed by atoms with van der Waals surface area (Å²) >= 11 is 0. The van der Waals surface area contributed by atoms with Gasteiger partial charge in [0.2, 0.25) is 0 Å². The predicted molar refractivity (Wildman–Crippen MR) is 73.7 cm³/mol. The van der Waals surface area contributed by atoms with E-state index in [0.717, 1.165) is 5.56 Å². The lowest BCUT2D eigenvalue weighted by Crippen LogP contribution is -2.32. The zero-order valence-corrected chi connectivity index (χ0v) is 12.1. The second kappa shape index (κ2) is 6.55. The molecule has 0 saturated heterocycles. The molecule has 1 aromatic rings. The molecular formula is C13H18N2O3S. The minimum absolute atomic E-state index is 0.0915. The van der Waals surface area contributed by atoms with Crippen LogP contribution in [0.3, 0.4) is 0 Å². The van der Waals surface area contributed by atoms with E-state index in [1.807, 2.05) is 13.0 Å². The molecule has 0 aliphatic heterocycles. The van der Waals surface area contributed by atoms with Gasteiger partial charge in [0.15, 0.2) is 0 Å². The standard InChI is InChI=1S/C13H18N2O3S/c1-10(9-19(3,16)17)15-8-11-4-5-13(18-2)12(6-11)7-14/h4-6,10,15H,8-9H2,1-3H3. The van der Waals surface area contributed by atoms with Gasteiger partial charge in [-0.2, -0.15) is 5.26 Å². The summed E-state index contributed by atoms with van der Waals surface area (Å²) in [4.78, 5) is 0. The van der Waals surface area contributed by atoms with E-state index in [9.17, 15) is 8.42 Å². The molecule has 0 bridgehead atoms. The minimum atomic E-state index is -2.99. The number of nitriles is 1. The molecule has 1 N–H and O–H groups in total. The molecular weight excluding hydrogens is 264 g/mol. The first-order chi connectivity index (χ1) is 8.85. The van der Waals surface area contributed by atoms with Gasteiger partial charge in [0.25, 0.3) is 0 Å². The lowest BCUT2D eigenvalue weighted by molar-refractivity contribution is 0.413. The molecule has 1 atom stereocenters. The number of methoxy groups -OCH3 is 1. The summed E-state index contributed by atoms with van der Waals surface area (Å²) in [6.07, 6.45) is 1.21. The average molecular weight is 282 g/mol.